The van der Waals surface area contributed by atoms with Crippen molar-refractivity contribution in [3.63, 3.8) is 0 Å². The third-order valence-corrected chi connectivity index (χ3v) is 3.44. The molecule has 0 amide bonds. The summed E-state index contributed by atoms with van der Waals surface area (Å²) >= 11 is 0. The predicted molar refractivity (Wildman–Crippen MR) is 57.3 cm³/mol. The van der Waals surface area contributed by atoms with Gasteiger partial charge in [-0.2, -0.15) is 0 Å². The first kappa shape index (κ1) is 10.4. The van der Waals surface area contributed by atoms with E-state index in [2.05, 4.69) is 24.1 Å². The molecule has 0 spiro atoms. The van der Waals surface area contributed by atoms with Gasteiger partial charge in [0.05, 0.1) is 5.60 Å². The molecule has 0 aromatic carbocycles. The third kappa shape index (κ3) is 2.27. The maximum Gasteiger partial charge on any atom is 0.0774 e. The lowest BCUT2D eigenvalue weighted by Crippen LogP contribution is -2.58. The number of β-amino-alcohol motifs (C(OH)–C–C–N with tert-alkyl or cyclic N) is 1. The van der Waals surface area contributed by atoms with Gasteiger partial charge in [0.1, 0.15) is 0 Å². The van der Waals surface area contributed by atoms with E-state index in [9.17, 15) is 5.11 Å². The normalized spacial score (nSPS) is 37.9. The van der Waals surface area contributed by atoms with E-state index in [1.165, 1.54) is 6.42 Å². The highest BCUT2D eigenvalue weighted by molar-refractivity contribution is 4.93. The van der Waals surface area contributed by atoms with Crippen LogP contribution in [-0.2, 0) is 0 Å². The topological polar surface area (TPSA) is 35.5 Å². The van der Waals surface area contributed by atoms with Crippen molar-refractivity contribution in [3.8, 4) is 0 Å². The van der Waals surface area contributed by atoms with Gasteiger partial charge in [0, 0.05) is 31.7 Å². The molecule has 1 saturated heterocycles. The molecular weight excluding hydrogens is 176 g/mol. The van der Waals surface area contributed by atoms with Gasteiger partial charge in [-0.25, -0.2) is 0 Å². The number of piperazine rings is 1. The first-order valence-corrected chi connectivity index (χ1v) is 5.78. The molecule has 0 aromatic heterocycles. The van der Waals surface area contributed by atoms with Gasteiger partial charge in [0.25, 0.3) is 0 Å². The Hall–Kier alpha value is -0.120. The number of rotatable bonds is 2. The lowest BCUT2D eigenvalue weighted by atomic mass is 9.79. The molecule has 2 atom stereocenters. The van der Waals surface area contributed by atoms with Gasteiger partial charge in [0.2, 0.25) is 0 Å². The molecule has 0 aromatic rings. The molecule has 2 N–H and O–H groups in total. The van der Waals surface area contributed by atoms with Gasteiger partial charge in [-0.3, -0.25) is 4.90 Å². The van der Waals surface area contributed by atoms with Crippen molar-refractivity contribution in [3.05, 3.63) is 0 Å². The minimum Gasteiger partial charge on any atom is -0.389 e. The summed E-state index contributed by atoms with van der Waals surface area (Å²) in [5, 5.41) is 13.6. The number of nitrogens with zero attached hydrogens (tertiary/aromatic N) is 1. The summed E-state index contributed by atoms with van der Waals surface area (Å²) in [5.41, 5.74) is -0.350. The van der Waals surface area contributed by atoms with Gasteiger partial charge in [-0.15, -0.1) is 0 Å². The molecule has 2 unspecified atom stereocenters. The minimum absolute atomic E-state index is 0.350. The molecule has 1 saturated carbocycles. The van der Waals surface area contributed by atoms with Crippen LogP contribution >= 0.6 is 0 Å². The molecule has 2 aliphatic rings. The predicted octanol–water partition coefficient (Wildman–Crippen LogP) is 0.584. The SMILES string of the molecule is CC1CN(CC2(O)CCC2)CC(C)N1. The maximum atomic E-state index is 10.1. The minimum atomic E-state index is -0.350. The quantitative estimate of drug-likeness (QED) is 0.681. The Morgan fingerprint density at radius 2 is 1.86 bits per heavy atom. The van der Waals surface area contributed by atoms with Crippen molar-refractivity contribution in [1.82, 2.24) is 10.2 Å². The fourth-order valence-electron chi connectivity index (χ4n) is 2.73. The second kappa shape index (κ2) is 3.80. The van der Waals surface area contributed by atoms with E-state index in [0.29, 0.717) is 12.1 Å². The summed E-state index contributed by atoms with van der Waals surface area (Å²) in [6.07, 6.45) is 3.20. The summed E-state index contributed by atoms with van der Waals surface area (Å²) in [6.45, 7) is 7.46. The van der Waals surface area contributed by atoms with Gasteiger partial charge in [-0.05, 0) is 33.1 Å². The van der Waals surface area contributed by atoms with Crippen molar-refractivity contribution in [2.24, 2.45) is 0 Å². The number of nitrogens with one attached hydrogen (secondary N) is 1. The molecule has 1 aliphatic heterocycles. The van der Waals surface area contributed by atoms with Gasteiger partial charge in [0.15, 0.2) is 0 Å². The van der Waals surface area contributed by atoms with Crippen LogP contribution in [0.15, 0.2) is 0 Å². The smallest absolute Gasteiger partial charge is 0.0774 e. The summed E-state index contributed by atoms with van der Waals surface area (Å²) in [4.78, 5) is 2.41. The van der Waals surface area contributed by atoms with E-state index in [1.54, 1.807) is 0 Å². The molecule has 1 aliphatic carbocycles. The zero-order valence-electron chi connectivity index (χ0n) is 9.29. The summed E-state index contributed by atoms with van der Waals surface area (Å²) < 4.78 is 0. The second-order valence-electron chi connectivity index (χ2n) is 5.24. The maximum absolute atomic E-state index is 10.1. The lowest BCUT2D eigenvalue weighted by molar-refractivity contribution is -0.0646. The molecule has 2 fully saturated rings. The van der Waals surface area contributed by atoms with Crippen LogP contribution in [0.5, 0.6) is 0 Å². The third-order valence-electron chi connectivity index (χ3n) is 3.44. The largest absolute Gasteiger partial charge is 0.389 e. The van der Waals surface area contributed by atoms with Gasteiger partial charge < -0.3 is 10.4 Å². The molecule has 2 rings (SSSR count). The zero-order chi connectivity index (χ0) is 10.2. The molecule has 0 bridgehead atoms. The first-order valence-electron chi connectivity index (χ1n) is 5.78. The van der Waals surface area contributed by atoms with Crippen LogP contribution in [0.3, 0.4) is 0 Å². The van der Waals surface area contributed by atoms with Gasteiger partial charge in [-0.1, -0.05) is 0 Å². The monoisotopic (exact) mass is 198 g/mol. The number of hydrogen-bond donors (Lipinski definition) is 2. The number of hydrogen-bond acceptors (Lipinski definition) is 3. The molecule has 14 heavy (non-hydrogen) atoms. The summed E-state index contributed by atoms with van der Waals surface area (Å²) in [5.74, 6) is 0. The lowest BCUT2D eigenvalue weighted by Gasteiger charge is -2.44. The molecule has 3 heteroatoms. The highest BCUT2D eigenvalue weighted by atomic mass is 16.3. The van der Waals surface area contributed by atoms with Crippen molar-refractivity contribution in [2.75, 3.05) is 19.6 Å². The molecule has 3 nitrogen and oxygen atoms in total. The summed E-state index contributed by atoms with van der Waals surface area (Å²) in [6, 6.07) is 1.12. The van der Waals surface area contributed by atoms with E-state index >= 15 is 0 Å². The van der Waals surface area contributed by atoms with Crippen LogP contribution in [0.1, 0.15) is 33.1 Å². The Morgan fingerprint density at radius 3 is 2.29 bits per heavy atom. The molecule has 1 heterocycles. The van der Waals surface area contributed by atoms with Crippen molar-refractivity contribution >= 4 is 0 Å². The van der Waals surface area contributed by atoms with E-state index in [0.717, 1.165) is 32.5 Å². The van der Waals surface area contributed by atoms with Crippen LogP contribution in [0.25, 0.3) is 0 Å². The zero-order valence-corrected chi connectivity index (χ0v) is 9.29. The highest BCUT2D eigenvalue weighted by Crippen LogP contribution is 2.32. The Morgan fingerprint density at radius 1 is 1.29 bits per heavy atom. The van der Waals surface area contributed by atoms with E-state index in [4.69, 9.17) is 0 Å². The van der Waals surface area contributed by atoms with Crippen LogP contribution in [0.2, 0.25) is 0 Å². The molecule has 82 valence electrons. The van der Waals surface area contributed by atoms with Crippen molar-refractivity contribution in [2.45, 2.75) is 50.8 Å². The van der Waals surface area contributed by atoms with Crippen LogP contribution in [0, 0.1) is 0 Å². The first-order chi connectivity index (χ1) is 6.57. The van der Waals surface area contributed by atoms with Crippen molar-refractivity contribution < 1.29 is 5.11 Å². The average Bonchev–Trinajstić information content (AvgIpc) is 1.99. The fourth-order valence-corrected chi connectivity index (χ4v) is 2.73. The van der Waals surface area contributed by atoms with Crippen LogP contribution < -0.4 is 5.32 Å². The second-order valence-corrected chi connectivity index (χ2v) is 5.24. The molecular formula is C11H22N2O. The van der Waals surface area contributed by atoms with E-state index in [-0.39, 0.29) is 5.60 Å². The number of aliphatic hydroxyl groups is 1. The Bertz CT molecular complexity index is 193. The van der Waals surface area contributed by atoms with Gasteiger partial charge >= 0.3 is 0 Å². The standard InChI is InChI=1S/C11H22N2O/c1-9-6-13(7-10(2)12-9)8-11(14)4-3-5-11/h9-10,12,14H,3-8H2,1-2H3. The van der Waals surface area contributed by atoms with Crippen molar-refractivity contribution in [1.29, 1.82) is 0 Å². The average molecular weight is 198 g/mol. The Kier molecular flexibility index (Phi) is 2.82. The molecule has 0 radical (unpaired) electrons. The van der Waals surface area contributed by atoms with Crippen LogP contribution in [-0.4, -0.2) is 47.3 Å². The van der Waals surface area contributed by atoms with E-state index in [1.807, 2.05) is 0 Å². The fraction of sp³-hybridized carbons (Fsp3) is 1.00. The Labute approximate surface area is 86.5 Å². The Balaban J connectivity index is 1.84. The highest BCUT2D eigenvalue weighted by Gasteiger charge is 2.37. The summed E-state index contributed by atoms with van der Waals surface area (Å²) in [7, 11) is 0. The van der Waals surface area contributed by atoms with E-state index < -0.39 is 0 Å². The van der Waals surface area contributed by atoms with Crippen LogP contribution in [0.4, 0.5) is 0 Å².